The van der Waals surface area contributed by atoms with Crippen LogP contribution in [0.25, 0.3) is 0 Å². The fourth-order valence-electron chi connectivity index (χ4n) is 8.72. The first-order valence-electron chi connectivity index (χ1n) is 12.3. The minimum atomic E-state index is -1.43. The summed E-state index contributed by atoms with van der Waals surface area (Å²) in [7, 11) is 0.259. The van der Waals surface area contributed by atoms with Crippen molar-refractivity contribution in [1.29, 1.82) is 0 Å². The first-order chi connectivity index (χ1) is 13.6. The summed E-state index contributed by atoms with van der Waals surface area (Å²) in [6, 6.07) is 0. The molecule has 0 aromatic rings. The normalized spacial score (nSPS) is 47.9. The van der Waals surface area contributed by atoms with Crippen LogP contribution < -0.4 is 0 Å². The van der Waals surface area contributed by atoms with E-state index in [1.807, 2.05) is 0 Å². The van der Waals surface area contributed by atoms with Crippen molar-refractivity contribution in [3.05, 3.63) is 0 Å². The Morgan fingerprint density at radius 3 is 2.28 bits per heavy atom. The predicted molar refractivity (Wildman–Crippen MR) is 124 cm³/mol. The summed E-state index contributed by atoms with van der Waals surface area (Å²) in [6.07, 6.45) is 13.0. The minimum absolute atomic E-state index is 0.439. The maximum absolute atomic E-state index is 6.57. The molecule has 3 nitrogen and oxygen atoms in total. The molecule has 4 aliphatic rings. The third-order valence-electron chi connectivity index (χ3n) is 9.88. The van der Waals surface area contributed by atoms with Crippen LogP contribution in [0.1, 0.15) is 78.6 Å². The van der Waals surface area contributed by atoms with E-state index in [1.54, 1.807) is 7.11 Å². The monoisotopic (exact) mass is 419 g/mol. The van der Waals surface area contributed by atoms with Gasteiger partial charge in [-0.05, 0) is 119 Å². The van der Waals surface area contributed by atoms with Gasteiger partial charge in [0.1, 0.15) is 7.11 Å². The van der Waals surface area contributed by atoms with E-state index in [1.165, 1.54) is 63.5 Å². The van der Waals surface area contributed by atoms with E-state index >= 15 is 0 Å². The van der Waals surface area contributed by atoms with Gasteiger partial charge in [-0.1, -0.05) is 19.0 Å². The van der Waals surface area contributed by atoms with Crippen molar-refractivity contribution < 1.29 is 9.26 Å². The second-order valence-electron chi connectivity index (χ2n) is 12.4. The van der Waals surface area contributed by atoms with Crippen LogP contribution in [0.5, 0.6) is 0 Å². The van der Waals surface area contributed by atoms with Gasteiger partial charge < -0.3 is 9.26 Å². The second kappa shape index (κ2) is 7.65. The number of rotatable bonds is 4. The smallest absolute Gasteiger partial charge is 0.184 e. The lowest BCUT2D eigenvalue weighted by molar-refractivity contribution is -0.121. The van der Waals surface area contributed by atoms with Gasteiger partial charge in [-0.3, -0.25) is 0 Å². The number of nitrogens with zero attached hydrogens (tertiary/aromatic N) is 1. The Labute approximate surface area is 180 Å². The van der Waals surface area contributed by atoms with E-state index in [0.717, 1.165) is 23.7 Å². The molecule has 4 fully saturated rings. The summed E-state index contributed by atoms with van der Waals surface area (Å²) in [6.45, 7) is 14.5. The lowest BCUT2D eigenvalue weighted by Crippen LogP contribution is -2.54. The molecule has 0 saturated heterocycles. The van der Waals surface area contributed by atoms with Gasteiger partial charge in [-0.25, -0.2) is 0 Å². The fraction of sp³-hybridized carbons (Fsp3) is 0.960. The van der Waals surface area contributed by atoms with Gasteiger partial charge in [0.15, 0.2) is 8.32 Å². The highest BCUT2D eigenvalue weighted by Gasteiger charge is 2.60. The average Bonchev–Trinajstić information content (AvgIpc) is 2.98. The Hall–Kier alpha value is -0.353. The van der Waals surface area contributed by atoms with E-state index < -0.39 is 8.32 Å². The SMILES string of the molecule is CO/N=C(/C)[C@H]1CCC2C3CCC4C[C@@H](O[Si](C)(C)C)CC[C@]4(C)C3CC[C@@]21C. The predicted octanol–water partition coefficient (Wildman–Crippen LogP) is 6.89. The summed E-state index contributed by atoms with van der Waals surface area (Å²) in [5.41, 5.74) is 2.23. The number of hydrogen-bond acceptors (Lipinski definition) is 3. The Kier molecular flexibility index (Phi) is 5.77. The lowest BCUT2D eigenvalue weighted by atomic mass is 9.44. The summed E-state index contributed by atoms with van der Waals surface area (Å²) in [5, 5.41) is 4.37. The molecule has 0 spiro atoms. The average molecular weight is 420 g/mol. The fourth-order valence-corrected chi connectivity index (χ4v) is 9.93. The Bertz CT molecular complexity index is 643. The number of hydrogen-bond donors (Lipinski definition) is 0. The molecule has 0 N–H and O–H groups in total. The van der Waals surface area contributed by atoms with E-state index in [2.05, 4.69) is 45.6 Å². The molecular formula is C25H45NO2Si. The molecule has 4 aliphatic carbocycles. The van der Waals surface area contributed by atoms with Gasteiger partial charge in [0.25, 0.3) is 0 Å². The van der Waals surface area contributed by atoms with Crippen molar-refractivity contribution >= 4 is 14.0 Å². The standard InChI is InChI=1S/C25H45NO2Si/c1-17(26-27-4)21-10-11-22-20-9-8-18-16-19(28-29(5,6)7)12-14-24(18,2)23(20)13-15-25(21,22)3/h18-23H,8-16H2,1-7H3/b26-17-/t18?,19-,20?,21+,22?,23?,24-,25+/m0/s1. The van der Waals surface area contributed by atoms with Gasteiger partial charge >= 0.3 is 0 Å². The molecule has 4 heteroatoms. The van der Waals surface area contributed by atoms with E-state index in [0.29, 0.717) is 22.9 Å². The quantitative estimate of drug-likeness (QED) is 0.282. The minimum Gasteiger partial charge on any atom is -0.415 e. The molecule has 0 aromatic carbocycles. The van der Waals surface area contributed by atoms with E-state index in [4.69, 9.17) is 9.26 Å². The molecule has 0 heterocycles. The highest BCUT2D eigenvalue weighted by atomic mass is 28.4. The van der Waals surface area contributed by atoms with E-state index in [9.17, 15) is 0 Å². The molecule has 166 valence electrons. The van der Waals surface area contributed by atoms with Crippen LogP contribution >= 0.6 is 0 Å². The first-order valence-corrected chi connectivity index (χ1v) is 15.7. The number of fused-ring (bicyclic) bond motifs is 5. The van der Waals surface area contributed by atoms with Gasteiger partial charge in [-0.2, -0.15) is 0 Å². The molecule has 0 aliphatic heterocycles. The highest BCUT2D eigenvalue weighted by Crippen LogP contribution is 2.67. The zero-order valence-electron chi connectivity index (χ0n) is 20.1. The molecule has 4 saturated carbocycles. The molecule has 29 heavy (non-hydrogen) atoms. The van der Waals surface area contributed by atoms with E-state index in [-0.39, 0.29) is 0 Å². The van der Waals surface area contributed by atoms with Crippen LogP contribution in [-0.2, 0) is 9.26 Å². The van der Waals surface area contributed by atoms with Gasteiger partial charge in [-0.15, -0.1) is 0 Å². The Balaban J connectivity index is 1.51. The van der Waals surface area contributed by atoms with Crippen LogP contribution in [-0.4, -0.2) is 27.2 Å². The molecule has 0 bridgehead atoms. The van der Waals surface area contributed by atoms with Crippen LogP contribution in [0.15, 0.2) is 5.16 Å². The Morgan fingerprint density at radius 2 is 1.59 bits per heavy atom. The second-order valence-corrected chi connectivity index (χ2v) is 16.8. The molecule has 0 amide bonds. The van der Waals surface area contributed by atoms with Crippen molar-refractivity contribution in [3.63, 3.8) is 0 Å². The van der Waals surface area contributed by atoms with Crippen molar-refractivity contribution in [1.82, 2.24) is 0 Å². The van der Waals surface area contributed by atoms with Crippen molar-refractivity contribution in [3.8, 4) is 0 Å². The highest BCUT2D eigenvalue weighted by molar-refractivity contribution is 6.69. The molecule has 0 radical (unpaired) electrons. The third kappa shape index (κ3) is 3.75. The largest absolute Gasteiger partial charge is 0.415 e. The van der Waals surface area contributed by atoms with Crippen molar-refractivity contribution in [2.45, 2.75) is 104 Å². The third-order valence-corrected chi connectivity index (χ3v) is 10.9. The molecule has 0 aromatic heterocycles. The van der Waals surface area contributed by atoms with Gasteiger partial charge in [0.2, 0.25) is 0 Å². The van der Waals surface area contributed by atoms with Gasteiger partial charge in [0.05, 0.1) is 5.71 Å². The summed E-state index contributed by atoms with van der Waals surface area (Å²) < 4.78 is 6.57. The summed E-state index contributed by atoms with van der Waals surface area (Å²) >= 11 is 0. The molecule has 4 unspecified atom stereocenters. The van der Waals surface area contributed by atoms with Crippen LogP contribution in [0.4, 0.5) is 0 Å². The molecule has 8 atom stereocenters. The maximum atomic E-state index is 6.57. The zero-order valence-corrected chi connectivity index (χ0v) is 21.1. The lowest BCUT2D eigenvalue weighted by Gasteiger charge is -2.61. The Morgan fingerprint density at radius 1 is 0.897 bits per heavy atom. The van der Waals surface area contributed by atoms with Crippen LogP contribution in [0, 0.1) is 40.4 Å². The first kappa shape index (κ1) is 21.9. The van der Waals surface area contributed by atoms with Crippen molar-refractivity contribution in [2.24, 2.45) is 45.6 Å². The van der Waals surface area contributed by atoms with Crippen LogP contribution in [0.3, 0.4) is 0 Å². The molecular weight excluding hydrogens is 374 g/mol. The summed E-state index contributed by atoms with van der Waals surface area (Å²) in [4.78, 5) is 5.16. The molecule has 4 rings (SSSR count). The van der Waals surface area contributed by atoms with Crippen LogP contribution in [0.2, 0.25) is 19.6 Å². The van der Waals surface area contributed by atoms with Gasteiger partial charge in [0, 0.05) is 12.0 Å². The zero-order chi connectivity index (χ0) is 21.0. The van der Waals surface area contributed by atoms with Crippen molar-refractivity contribution in [2.75, 3.05) is 7.11 Å². The maximum Gasteiger partial charge on any atom is 0.184 e. The topological polar surface area (TPSA) is 30.8 Å². The summed E-state index contributed by atoms with van der Waals surface area (Å²) in [5.74, 6) is 4.27. The number of oxime groups is 1.